The number of hydrogen-bond donors (Lipinski definition) is 0. The Morgan fingerprint density at radius 3 is 2.87 bits per heavy atom. The van der Waals surface area contributed by atoms with Gasteiger partial charge in [0.25, 0.3) is 0 Å². The monoisotopic (exact) mass is 336 g/mol. The third-order valence-electron chi connectivity index (χ3n) is 3.88. The summed E-state index contributed by atoms with van der Waals surface area (Å²) in [5.41, 5.74) is 0.231. The zero-order valence-electron chi connectivity index (χ0n) is 13.6. The number of fused-ring (bicyclic) bond motifs is 1. The molecule has 0 radical (unpaired) electrons. The van der Waals surface area contributed by atoms with E-state index in [0.29, 0.717) is 11.7 Å². The summed E-state index contributed by atoms with van der Waals surface area (Å²) in [5.74, 6) is 0. The molecular formula is C16H21ClN4O2. The van der Waals surface area contributed by atoms with E-state index < -0.39 is 5.60 Å². The summed E-state index contributed by atoms with van der Waals surface area (Å²) >= 11 is 6.13. The van der Waals surface area contributed by atoms with Gasteiger partial charge in [-0.05, 0) is 46.1 Å². The van der Waals surface area contributed by atoms with Crippen LogP contribution in [0.15, 0.2) is 18.6 Å². The molecule has 0 saturated carbocycles. The second-order valence-corrected chi connectivity index (χ2v) is 7.13. The van der Waals surface area contributed by atoms with E-state index in [1.807, 2.05) is 37.6 Å². The first-order valence-corrected chi connectivity index (χ1v) is 8.21. The normalized spacial score (nSPS) is 19.1. The van der Waals surface area contributed by atoms with Crippen LogP contribution in [-0.4, -0.2) is 37.7 Å². The molecule has 2 aromatic rings. The van der Waals surface area contributed by atoms with Gasteiger partial charge in [0, 0.05) is 12.7 Å². The molecule has 1 atom stereocenters. The van der Waals surface area contributed by atoms with E-state index in [1.165, 1.54) is 6.33 Å². The smallest absolute Gasteiger partial charge is 0.411 e. The quantitative estimate of drug-likeness (QED) is 0.738. The van der Waals surface area contributed by atoms with Crippen molar-refractivity contribution in [2.45, 2.75) is 51.8 Å². The highest BCUT2D eigenvalue weighted by Gasteiger charge is 2.32. The van der Waals surface area contributed by atoms with E-state index in [0.717, 1.165) is 30.3 Å². The zero-order valence-corrected chi connectivity index (χ0v) is 14.4. The van der Waals surface area contributed by atoms with Gasteiger partial charge in [-0.2, -0.15) is 0 Å². The van der Waals surface area contributed by atoms with Gasteiger partial charge in [-0.15, -0.1) is 0 Å². The summed E-state index contributed by atoms with van der Waals surface area (Å²) in [6.45, 7) is 6.31. The lowest BCUT2D eigenvalue weighted by Crippen LogP contribution is -2.43. The second-order valence-electron chi connectivity index (χ2n) is 6.77. The lowest BCUT2D eigenvalue weighted by molar-refractivity contribution is -0.000458. The number of nitrogens with zero attached hydrogens (tertiary/aromatic N) is 4. The summed E-state index contributed by atoms with van der Waals surface area (Å²) < 4.78 is 7.55. The number of ether oxygens (including phenoxy) is 1. The van der Waals surface area contributed by atoms with Crippen LogP contribution < -0.4 is 0 Å². The Morgan fingerprint density at radius 2 is 2.13 bits per heavy atom. The number of carbonyl (C=O) groups excluding carboxylic acids is 1. The van der Waals surface area contributed by atoms with Gasteiger partial charge in [0.1, 0.15) is 28.9 Å². The summed E-state index contributed by atoms with van der Waals surface area (Å²) in [7, 11) is 0. The van der Waals surface area contributed by atoms with E-state index in [-0.39, 0.29) is 12.3 Å². The Bertz CT molecular complexity index is 722. The van der Waals surface area contributed by atoms with Gasteiger partial charge >= 0.3 is 6.09 Å². The lowest BCUT2D eigenvalue weighted by Gasteiger charge is -2.37. The Morgan fingerprint density at radius 1 is 1.35 bits per heavy atom. The Kier molecular flexibility index (Phi) is 4.19. The first-order valence-electron chi connectivity index (χ1n) is 7.83. The lowest BCUT2D eigenvalue weighted by atomic mass is 10.1. The minimum absolute atomic E-state index is 0.109. The molecule has 0 spiro atoms. The van der Waals surface area contributed by atoms with E-state index in [4.69, 9.17) is 16.3 Å². The van der Waals surface area contributed by atoms with Crippen molar-refractivity contribution in [2.75, 3.05) is 6.54 Å². The number of aromatic nitrogens is 3. The van der Waals surface area contributed by atoms with Crippen LogP contribution in [0.2, 0.25) is 5.15 Å². The predicted octanol–water partition coefficient (Wildman–Crippen LogP) is 4.00. The fourth-order valence-electron chi connectivity index (χ4n) is 2.92. The van der Waals surface area contributed by atoms with Crippen molar-refractivity contribution in [2.24, 2.45) is 0 Å². The van der Waals surface area contributed by atoms with Gasteiger partial charge in [-0.1, -0.05) is 11.6 Å². The summed E-state index contributed by atoms with van der Waals surface area (Å²) in [4.78, 5) is 22.7. The van der Waals surface area contributed by atoms with Gasteiger partial charge in [-0.25, -0.2) is 14.8 Å². The highest BCUT2D eigenvalue weighted by Crippen LogP contribution is 2.31. The molecule has 2 aromatic heterocycles. The van der Waals surface area contributed by atoms with Crippen LogP contribution in [0.3, 0.4) is 0 Å². The Hall–Kier alpha value is -1.82. The molecule has 0 bridgehead atoms. The third kappa shape index (κ3) is 3.27. The number of piperidine rings is 1. The molecule has 1 saturated heterocycles. The molecule has 23 heavy (non-hydrogen) atoms. The minimum Gasteiger partial charge on any atom is -0.444 e. The molecule has 1 aliphatic rings. The number of amides is 1. The summed E-state index contributed by atoms with van der Waals surface area (Å²) in [5, 5.41) is 1.22. The zero-order chi connectivity index (χ0) is 16.6. The average molecular weight is 337 g/mol. The van der Waals surface area contributed by atoms with Crippen molar-refractivity contribution in [3.05, 3.63) is 23.7 Å². The fourth-order valence-corrected chi connectivity index (χ4v) is 3.11. The molecule has 124 valence electrons. The van der Waals surface area contributed by atoms with Gasteiger partial charge in [0.15, 0.2) is 0 Å². The maximum absolute atomic E-state index is 12.6. The van der Waals surface area contributed by atoms with Crippen LogP contribution in [0.4, 0.5) is 4.79 Å². The number of rotatable bonds is 1. The molecular weight excluding hydrogens is 316 g/mol. The summed E-state index contributed by atoms with van der Waals surface area (Å²) in [6.07, 6.45) is 5.87. The molecule has 7 heteroatoms. The highest BCUT2D eigenvalue weighted by atomic mass is 35.5. The molecule has 0 N–H and O–H groups in total. The van der Waals surface area contributed by atoms with Crippen LogP contribution in [0.1, 0.15) is 46.2 Å². The maximum Gasteiger partial charge on any atom is 0.411 e. The van der Waals surface area contributed by atoms with E-state index in [2.05, 4.69) is 9.97 Å². The molecule has 0 aliphatic carbocycles. The van der Waals surface area contributed by atoms with Crippen molar-refractivity contribution < 1.29 is 9.53 Å². The maximum atomic E-state index is 12.6. The Labute approximate surface area is 140 Å². The number of halogens is 1. The van der Waals surface area contributed by atoms with Crippen LogP contribution in [-0.2, 0) is 4.74 Å². The molecule has 1 fully saturated rings. The number of carbonyl (C=O) groups is 1. The molecule has 6 nitrogen and oxygen atoms in total. The van der Waals surface area contributed by atoms with Crippen molar-refractivity contribution in [1.82, 2.24) is 19.4 Å². The van der Waals surface area contributed by atoms with E-state index >= 15 is 0 Å². The van der Waals surface area contributed by atoms with Gasteiger partial charge in [0.2, 0.25) is 0 Å². The highest BCUT2D eigenvalue weighted by molar-refractivity contribution is 6.33. The first-order chi connectivity index (χ1) is 10.9. The van der Waals surface area contributed by atoms with Crippen molar-refractivity contribution >= 4 is 28.7 Å². The third-order valence-corrected chi connectivity index (χ3v) is 4.18. The first kappa shape index (κ1) is 16.1. The second kappa shape index (κ2) is 6.00. The van der Waals surface area contributed by atoms with Gasteiger partial charge in [0.05, 0.1) is 5.39 Å². The molecule has 0 aromatic carbocycles. The predicted molar refractivity (Wildman–Crippen MR) is 88.4 cm³/mol. The van der Waals surface area contributed by atoms with Gasteiger partial charge in [-0.3, -0.25) is 4.90 Å². The van der Waals surface area contributed by atoms with Crippen LogP contribution >= 0.6 is 11.6 Å². The van der Waals surface area contributed by atoms with Crippen molar-refractivity contribution in [3.8, 4) is 0 Å². The summed E-state index contributed by atoms with van der Waals surface area (Å²) in [6, 6.07) is 1.89. The largest absolute Gasteiger partial charge is 0.444 e. The molecule has 3 heterocycles. The van der Waals surface area contributed by atoms with Crippen LogP contribution in [0, 0.1) is 0 Å². The minimum atomic E-state index is -0.511. The van der Waals surface area contributed by atoms with Gasteiger partial charge < -0.3 is 9.30 Å². The SMILES string of the molecule is CC(C)(C)OC(=O)N1CCCCC1n1ccc2c(Cl)ncnc21. The standard InChI is InChI=1S/C16H21ClN4O2/c1-16(2,3)23-15(22)21-8-5-4-6-12(21)20-9-7-11-13(17)18-10-19-14(11)20/h7,9-10,12H,4-6,8H2,1-3H3. The molecule has 1 unspecified atom stereocenters. The topological polar surface area (TPSA) is 60.2 Å². The number of likely N-dealkylation sites (tertiary alicyclic amines) is 1. The number of hydrogen-bond acceptors (Lipinski definition) is 4. The molecule has 1 aliphatic heterocycles. The van der Waals surface area contributed by atoms with Crippen molar-refractivity contribution in [3.63, 3.8) is 0 Å². The van der Waals surface area contributed by atoms with Crippen molar-refractivity contribution in [1.29, 1.82) is 0 Å². The Balaban J connectivity index is 1.94. The van der Waals surface area contributed by atoms with E-state index in [9.17, 15) is 4.79 Å². The average Bonchev–Trinajstić information content (AvgIpc) is 2.91. The molecule has 1 amide bonds. The molecule has 3 rings (SSSR count). The van der Waals surface area contributed by atoms with Crippen LogP contribution in [0.25, 0.3) is 11.0 Å². The van der Waals surface area contributed by atoms with Crippen LogP contribution in [0.5, 0.6) is 0 Å². The fraction of sp³-hybridized carbons (Fsp3) is 0.562. The van der Waals surface area contributed by atoms with E-state index in [1.54, 1.807) is 4.90 Å².